The summed E-state index contributed by atoms with van der Waals surface area (Å²) in [5.41, 5.74) is 5.27. The van der Waals surface area contributed by atoms with Crippen molar-refractivity contribution in [1.29, 1.82) is 0 Å². The van der Waals surface area contributed by atoms with Crippen LogP contribution in [0, 0.1) is 0 Å². The minimum Gasteiger partial charge on any atom is -0.476 e. The van der Waals surface area contributed by atoms with E-state index in [2.05, 4.69) is 5.10 Å². The lowest BCUT2D eigenvalue weighted by molar-refractivity contribution is -0.137. The number of anilines is 1. The van der Waals surface area contributed by atoms with E-state index in [1.807, 2.05) is 0 Å². The third kappa shape index (κ3) is 3.11. The molecular weight excluding hydrogens is 371 g/mol. The third-order valence-corrected chi connectivity index (χ3v) is 4.01. The molecule has 0 aliphatic carbocycles. The monoisotopic (exact) mass is 381 g/mol. The number of nitrogens with two attached hydrogens (primary N) is 1. The quantitative estimate of drug-likeness (QED) is 0.700. The summed E-state index contributed by atoms with van der Waals surface area (Å²) in [6.07, 6.45) is -4.49. The molecule has 0 aliphatic rings. The first kappa shape index (κ1) is 17.8. The van der Waals surface area contributed by atoms with Crippen molar-refractivity contribution in [3.05, 3.63) is 64.8 Å². The molecule has 1 aromatic heterocycles. The van der Waals surface area contributed by atoms with Gasteiger partial charge in [0, 0.05) is 5.56 Å². The summed E-state index contributed by atoms with van der Waals surface area (Å²) in [5.74, 6) is -1.36. The lowest BCUT2D eigenvalue weighted by Crippen LogP contribution is -2.05. The largest absolute Gasteiger partial charge is 0.476 e. The second-order valence-corrected chi connectivity index (χ2v) is 5.76. The standard InChI is InChI=1S/C17H11ClF3N3O2/c18-11-3-1-2-4-12(11)24-15(13(22)14(23-24)16(25)26)9-5-7-10(8-6-9)17(19,20)21/h1-8H,22H2,(H,25,26). The minimum atomic E-state index is -4.49. The van der Waals surface area contributed by atoms with Gasteiger partial charge in [0.1, 0.15) is 0 Å². The van der Waals surface area contributed by atoms with Gasteiger partial charge in [-0.25, -0.2) is 9.48 Å². The Balaban J connectivity index is 2.23. The Bertz CT molecular complexity index is 982. The molecule has 134 valence electrons. The number of halogens is 4. The van der Waals surface area contributed by atoms with Crippen molar-refractivity contribution in [3.63, 3.8) is 0 Å². The summed E-state index contributed by atoms with van der Waals surface area (Å²) < 4.78 is 39.5. The normalized spacial score (nSPS) is 11.5. The highest BCUT2D eigenvalue weighted by Crippen LogP contribution is 2.35. The molecule has 0 atom stereocenters. The number of hydrogen-bond acceptors (Lipinski definition) is 3. The van der Waals surface area contributed by atoms with Crippen LogP contribution in [0.5, 0.6) is 0 Å². The second-order valence-electron chi connectivity index (χ2n) is 5.35. The summed E-state index contributed by atoms with van der Waals surface area (Å²) in [5, 5.41) is 13.5. The number of hydrogen-bond donors (Lipinski definition) is 2. The van der Waals surface area contributed by atoms with Crippen molar-refractivity contribution in [2.75, 3.05) is 5.73 Å². The van der Waals surface area contributed by atoms with E-state index in [1.165, 1.54) is 16.8 Å². The minimum absolute atomic E-state index is 0.143. The highest BCUT2D eigenvalue weighted by Gasteiger charge is 2.30. The van der Waals surface area contributed by atoms with Crippen LogP contribution in [-0.2, 0) is 6.18 Å². The number of carboxylic acids is 1. The molecular formula is C17H11ClF3N3O2. The van der Waals surface area contributed by atoms with Crippen LogP contribution >= 0.6 is 11.6 Å². The number of alkyl halides is 3. The number of nitrogen functional groups attached to an aromatic ring is 1. The maximum Gasteiger partial charge on any atom is 0.416 e. The number of nitrogens with zero attached hydrogens (tertiary/aromatic N) is 2. The van der Waals surface area contributed by atoms with Crippen molar-refractivity contribution in [2.45, 2.75) is 6.18 Å². The number of benzene rings is 2. The predicted molar refractivity (Wildman–Crippen MR) is 90.4 cm³/mol. The van der Waals surface area contributed by atoms with Gasteiger partial charge in [0.25, 0.3) is 0 Å². The van der Waals surface area contributed by atoms with Gasteiger partial charge in [0.15, 0.2) is 5.69 Å². The summed E-state index contributed by atoms with van der Waals surface area (Å²) in [7, 11) is 0. The van der Waals surface area contributed by atoms with E-state index in [1.54, 1.807) is 24.3 Å². The Labute approximate surface area is 150 Å². The van der Waals surface area contributed by atoms with Crippen LogP contribution in [0.2, 0.25) is 5.02 Å². The zero-order valence-electron chi connectivity index (χ0n) is 13.0. The Morgan fingerprint density at radius 1 is 1.12 bits per heavy atom. The van der Waals surface area contributed by atoms with Crippen LogP contribution in [0.1, 0.15) is 16.1 Å². The SMILES string of the molecule is Nc1c(C(=O)O)nn(-c2ccccc2Cl)c1-c1ccc(C(F)(F)F)cc1. The molecule has 26 heavy (non-hydrogen) atoms. The predicted octanol–water partition coefficient (Wildman–Crippen LogP) is 4.49. The molecule has 0 unspecified atom stereocenters. The average molecular weight is 382 g/mol. The van der Waals surface area contributed by atoms with Gasteiger partial charge >= 0.3 is 12.1 Å². The molecule has 3 rings (SSSR count). The Hall–Kier alpha value is -3.00. The fourth-order valence-electron chi connectivity index (χ4n) is 2.48. The van der Waals surface area contributed by atoms with Gasteiger partial charge in [0.05, 0.1) is 27.7 Å². The van der Waals surface area contributed by atoms with E-state index in [4.69, 9.17) is 17.3 Å². The van der Waals surface area contributed by atoms with Gasteiger partial charge in [-0.2, -0.15) is 18.3 Å². The van der Waals surface area contributed by atoms with Gasteiger partial charge in [-0.15, -0.1) is 0 Å². The van der Waals surface area contributed by atoms with Crippen molar-refractivity contribution in [2.24, 2.45) is 0 Å². The topological polar surface area (TPSA) is 81.1 Å². The Kier molecular flexibility index (Phi) is 4.37. The molecule has 3 aromatic rings. The van der Waals surface area contributed by atoms with Crippen LogP contribution < -0.4 is 5.73 Å². The molecule has 9 heteroatoms. The summed E-state index contributed by atoms with van der Waals surface area (Å²) in [4.78, 5) is 11.4. The molecule has 0 saturated carbocycles. The van der Waals surface area contributed by atoms with E-state index >= 15 is 0 Å². The maximum atomic E-state index is 12.8. The van der Waals surface area contributed by atoms with Crippen LogP contribution in [0.3, 0.4) is 0 Å². The first-order chi connectivity index (χ1) is 12.2. The zero-order chi connectivity index (χ0) is 19.1. The molecule has 0 fully saturated rings. The third-order valence-electron chi connectivity index (χ3n) is 3.69. The molecule has 0 aliphatic heterocycles. The molecule has 0 radical (unpaired) electrons. The fraction of sp³-hybridized carbons (Fsp3) is 0.0588. The van der Waals surface area contributed by atoms with Gasteiger partial charge in [0.2, 0.25) is 0 Å². The molecule has 2 aromatic carbocycles. The zero-order valence-corrected chi connectivity index (χ0v) is 13.7. The maximum absolute atomic E-state index is 12.8. The second kappa shape index (κ2) is 6.38. The molecule has 3 N–H and O–H groups in total. The molecule has 0 spiro atoms. The van der Waals surface area contributed by atoms with Crippen molar-refractivity contribution in [1.82, 2.24) is 9.78 Å². The van der Waals surface area contributed by atoms with Crippen LogP contribution in [-0.4, -0.2) is 20.9 Å². The van der Waals surface area contributed by atoms with E-state index in [-0.39, 0.29) is 22.0 Å². The van der Waals surface area contributed by atoms with Gasteiger partial charge in [-0.05, 0) is 24.3 Å². The lowest BCUT2D eigenvalue weighted by Gasteiger charge is -2.11. The number of carbonyl (C=O) groups is 1. The first-order valence-electron chi connectivity index (χ1n) is 7.24. The fourth-order valence-corrected chi connectivity index (χ4v) is 2.70. The summed E-state index contributed by atoms with van der Waals surface area (Å²) in [6, 6.07) is 10.7. The van der Waals surface area contributed by atoms with Crippen LogP contribution in [0.15, 0.2) is 48.5 Å². The number of rotatable bonds is 3. The average Bonchev–Trinajstić information content (AvgIpc) is 2.92. The number of aromatic carboxylic acids is 1. The van der Waals surface area contributed by atoms with Crippen LogP contribution in [0.25, 0.3) is 16.9 Å². The van der Waals surface area contributed by atoms with Gasteiger partial charge in [-0.1, -0.05) is 35.9 Å². The Morgan fingerprint density at radius 2 is 1.73 bits per heavy atom. The Morgan fingerprint density at radius 3 is 2.27 bits per heavy atom. The van der Waals surface area contributed by atoms with Crippen LogP contribution in [0.4, 0.5) is 18.9 Å². The summed E-state index contributed by atoms with van der Waals surface area (Å²) >= 11 is 6.15. The van der Waals surface area contributed by atoms with E-state index in [0.717, 1.165) is 12.1 Å². The van der Waals surface area contributed by atoms with E-state index < -0.39 is 23.4 Å². The lowest BCUT2D eigenvalue weighted by atomic mass is 10.1. The smallest absolute Gasteiger partial charge is 0.416 e. The van der Waals surface area contributed by atoms with Crippen molar-refractivity contribution < 1.29 is 23.1 Å². The molecule has 1 heterocycles. The van der Waals surface area contributed by atoms with Gasteiger partial charge < -0.3 is 10.8 Å². The highest BCUT2D eigenvalue weighted by atomic mass is 35.5. The van der Waals surface area contributed by atoms with Gasteiger partial charge in [-0.3, -0.25) is 0 Å². The molecule has 0 saturated heterocycles. The van der Waals surface area contributed by atoms with Crippen molar-refractivity contribution >= 4 is 23.3 Å². The molecule has 0 bridgehead atoms. The molecule has 0 amide bonds. The van der Waals surface area contributed by atoms with E-state index in [9.17, 15) is 23.1 Å². The molecule has 5 nitrogen and oxygen atoms in total. The highest BCUT2D eigenvalue weighted by molar-refractivity contribution is 6.32. The first-order valence-corrected chi connectivity index (χ1v) is 7.62. The number of carboxylic acid groups (broad SMARTS) is 1. The van der Waals surface area contributed by atoms with Crippen molar-refractivity contribution in [3.8, 4) is 16.9 Å². The van der Waals surface area contributed by atoms with E-state index in [0.29, 0.717) is 5.69 Å². The summed E-state index contributed by atoms with van der Waals surface area (Å²) in [6.45, 7) is 0. The number of para-hydroxylation sites is 1. The number of aromatic nitrogens is 2.